The first-order valence-electron chi connectivity index (χ1n) is 9.50. The molecule has 2 aliphatic rings. The number of rotatable bonds is 2. The summed E-state index contributed by atoms with van der Waals surface area (Å²) in [5, 5.41) is 0.775. The van der Waals surface area contributed by atoms with E-state index in [2.05, 4.69) is 79.0 Å². The van der Waals surface area contributed by atoms with Crippen molar-refractivity contribution in [2.24, 2.45) is 4.99 Å². The van der Waals surface area contributed by atoms with Gasteiger partial charge in [-0.1, -0.05) is 72.3 Å². The maximum atomic E-state index is 6.49. The Kier molecular flexibility index (Phi) is 4.78. The fourth-order valence-corrected chi connectivity index (χ4v) is 8.37. The molecule has 28 heavy (non-hydrogen) atoms. The molecule has 1 nitrogen and oxygen atoms in total. The third-order valence-electron chi connectivity index (χ3n) is 5.59. The van der Waals surface area contributed by atoms with E-state index in [1.165, 1.54) is 23.1 Å². The Morgan fingerprint density at radius 1 is 0.786 bits per heavy atom. The second-order valence-electron chi connectivity index (χ2n) is 7.13. The van der Waals surface area contributed by atoms with Crippen molar-refractivity contribution in [2.45, 2.75) is 15.9 Å². The zero-order valence-electron chi connectivity index (χ0n) is 15.3. The largest absolute Gasteiger partial charge is 0.259 e. The molecule has 1 saturated heterocycles. The predicted molar refractivity (Wildman–Crippen MR) is 124 cm³/mol. The summed E-state index contributed by atoms with van der Waals surface area (Å²) in [4.78, 5) is 4.98. The minimum Gasteiger partial charge on any atom is -0.259 e. The molecule has 0 atom stereocenters. The van der Waals surface area contributed by atoms with Crippen molar-refractivity contribution in [3.63, 3.8) is 0 Å². The number of aliphatic imine (C=N–C) groups is 1. The Bertz CT molecular complexity index is 972. The Labute approximate surface area is 179 Å². The van der Waals surface area contributed by atoms with Gasteiger partial charge in [-0.15, -0.1) is 23.5 Å². The Balaban J connectivity index is 1.88. The first-order valence-corrected chi connectivity index (χ1v) is 11.9. The Morgan fingerprint density at radius 2 is 1.39 bits per heavy atom. The molecule has 0 unspecified atom stereocenters. The van der Waals surface area contributed by atoms with Crippen LogP contribution in [0.4, 0.5) is 5.69 Å². The van der Waals surface area contributed by atoms with Crippen molar-refractivity contribution in [1.29, 1.82) is 0 Å². The van der Waals surface area contributed by atoms with E-state index >= 15 is 0 Å². The molecule has 3 aromatic carbocycles. The second kappa shape index (κ2) is 7.29. The molecule has 1 spiro atoms. The number of benzene rings is 3. The molecule has 4 heteroatoms. The van der Waals surface area contributed by atoms with Crippen LogP contribution in [-0.2, 0) is 9.49 Å². The van der Waals surface area contributed by atoms with Gasteiger partial charge in [0.2, 0.25) is 0 Å². The van der Waals surface area contributed by atoms with Crippen LogP contribution < -0.4 is 0 Å². The summed E-state index contributed by atoms with van der Waals surface area (Å²) in [6.45, 7) is 0. The van der Waals surface area contributed by atoms with Crippen molar-refractivity contribution in [3.05, 3.63) is 101 Å². The van der Waals surface area contributed by atoms with E-state index in [0.29, 0.717) is 0 Å². The van der Waals surface area contributed by atoms with Gasteiger partial charge in [-0.2, -0.15) is 0 Å². The normalized spacial score (nSPS) is 19.3. The lowest BCUT2D eigenvalue weighted by Crippen LogP contribution is -2.50. The summed E-state index contributed by atoms with van der Waals surface area (Å²) in [6, 6.07) is 27.8. The number of halogens is 1. The molecule has 2 heterocycles. The molecule has 0 radical (unpaired) electrons. The topological polar surface area (TPSA) is 12.4 Å². The molecule has 0 N–H and O–H groups in total. The molecule has 140 valence electrons. The van der Waals surface area contributed by atoms with Gasteiger partial charge in [-0.3, -0.25) is 4.99 Å². The van der Waals surface area contributed by atoms with Crippen LogP contribution in [0.5, 0.6) is 0 Å². The van der Waals surface area contributed by atoms with Crippen molar-refractivity contribution in [2.75, 3.05) is 11.5 Å². The van der Waals surface area contributed by atoms with E-state index in [-0.39, 0.29) is 9.49 Å². The molecule has 0 saturated carbocycles. The molecule has 2 aliphatic heterocycles. The van der Waals surface area contributed by atoms with Gasteiger partial charge in [-0.25, -0.2) is 0 Å². The van der Waals surface area contributed by atoms with E-state index in [0.717, 1.165) is 22.2 Å². The first-order chi connectivity index (χ1) is 13.8. The van der Waals surface area contributed by atoms with E-state index in [1.54, 1.807) is 0 Å². The third kappa shape index (κ3) is 2.67. The second-order valence-corrected chi connectivity index (χ2v) is 10.4. The highest BCUT2D eigenvalue weighted by molar-refractivity contribution is 8.18. The number of fused-ring (bicyclic) bond motifs is 2. The fraction of sp³-hybridized carbons (Fsp3) is 0.208. The van der Waals surface area contributed by atoms with Gasteiger partial charge in [0.1, 0.15) is 4.08 Å². The van der Waals surface area contributed by atoms with Crippen LogP contribution in [-0.4, -0.2) is 17.7 Å². The number of thioether (sulfide) groups is 2. The van der Waals surface area contributed by atoms with E-state index in [4.69, 9.17) is 16.6 Å². The van der Waals surface area contributed by atoms with Crippen LogP contribution in [0, 0.1) is 0 Å². The molecule has 3 aromatic rings. The summed E-state index contributed by atoms with van der Waals surface area (Å²) in [7, 11) is 0. The van der Waals surface area contributed by atoms with Crippen LogP contribution >= 0.6 is 35.1 Å². The maximum absolute atomic E-state index is 6.49. The highest BCUT2D eigenvalue weighted by Gasteiger charge is 2.58. The summed E-state index contributed by atoms with van der Waals surface area (Å²) in [5.41, 5.74) is 4.47. The Morgan fingerprint density at radius 3 is 2.00 bits per heavy atom. The predicted octanol–water partition coefficient (Wildman–Crippen LogP) is 7.07. The lowest BCUT2D eigenvalue weighted by molar-refractivity contribution is 0.621. The minimum atomic E-state index is -0.358. The SMILES string of the molecule is Clc1ccc2c(c1)C1(SCCCS1)C(c1ccccc1)(c1ccccc1)C=N2. The highest BCUT2D eigenvalue weighted by Crippen LogP contribution is 2.66. The highest BCUT2D eigenvalue weighted by atomic mass is 35.5. The van der Waals surface area contributed by atoms with E-state index in [9.17, 15) is 0 Å². The average molecular weight is 422 g/mol. The van der Waals surface area contributed by atoms with Gasteiger partial charge in [0.15, 0.2) is 0 Å². The zero-order valence-corrected chi connectivity index (χ0v) is 17.7. The van der Waals surface area contributed by atoms with E-state index in [1.807, 2.05) is 29.6 Å². The quantitative estimate of drug-likeness (QED) is 0.438. The molecule has 0 bridgehead atoms. The molecular formula is C24H20ClNS2. The molecule has 0 amide bonds. The standard InChI is InChI=1S/C24H20ClNS2/c25-20-12-13-22-21(16-20)24(27-14-7-15-28-24)23(17-26-22,18-8-3-1-4-9-18)19-10-5-2-6-11-19/h1-6,8-13,16-17H,7,14-15H2. The van der Waals surface area contributed by atoms with Gasteiger partial charge in [-0.05, 0) is 47.3 Å². The van der Waals surface area contributed by atoms with Crippen molar-refractivity contribution >= 4 is 47.0 Å². The van der Waals surface area contributed by atoms with E-state index < -0.39 is 0 Å². The zero-order chi connectivity index (χ0) is 19.0. The van der Waals surface area contributed by atoms with Crippen LogP contribution in [0.1, 0.15) is 23.1 Å². The van der Waals surface area contributed by atoms with Crippen molar-refractivity contribution < 1.29 is 0 Å². The smallest absolute Gasteiger partial charge is 0.107 e. The first kappa shape index (κ1) is 18.4. The van der Waals surface area contributed by atoms with Crippen LogP contribution in [0.15, 0.2) is 83.9 Å². The summed E-state index contributed by atoms with van der Waals surface area (Å²) >= 11 is 10.6. The van der Waals surface area contributed by atoms with Crippen molar-refractivity contribution in [1.82, 2.24) is 0 Å². The third-order valence-corrected chi connectivity index (χ3v) is 9.41. The van der Waals surface area contributed by atoms with Gasteiger partial charge in [0, 0.05) is 16.8 Å². The maximum Gasteiger partial charge on any atom is 0.107 e. The van der Waals surface area contributed by atoms with Crippen LogP contribution in [0.2, 0.25) is 5.02 Å². The summed E-state index contributed by atoms with van der Waals surface area (Å²) < 4.78 is -0.198. The van der Waals surface area contributed by atoms with Crippen molar-refractivity contribution in [3.8, 4) is 0 Å². The summed E-state index contributed by atoms with van der Waals surface area (Å²) in [5.74, 6) is 2.27. The molecule has 1 fully saturated rings. The minimum absolute atomic E-state index is 0.198. The number of hydrogen-bond acceptors (Lipinski definition) is 3. The average Bonchev–Trinajstić information content (AvgIpc) is 2.77. The van der Waals surface area contributed by atoms with Crippen LogP contribution in [0.25, 0.3) is 0 Å². The lowest BCUT2D eigenvalue weighted by atomic mass is 9.69. The molecule has 0 aliphatic carbocycles. The van der Waals surface area contributed by atoms with Gasteiger partial charge < -0.3 is 0 Å². The monoisotopic (exact) mass is 421 g/mol. The summed E-state index contributed by atoms with van der Waals surface area (Å²) in [6.07, 6.45) is 3.42. The molecule has 5 rings (SSSR count). The van der Waals surface area contributed by atoms with Gasteiger partial charge in [0.25, 0.3) is 0 Å². The molecule has 0 aromatic heterocycles. The van der Waals surface area contributed by atoms with Gasteiger partial charge in [0.05, 0.1) is 11.1 Å². The molecular weight excluding hydrogens is 402 g/mol. The fourth-order valence-electron chi connectivity index (χ4n) is 4.36. The van der Waals surface area contributed by atoms with Crippen LogP contribution in [0.3, 0.4) is 0 Å². The number of nitrogens with zero attached hydrogens (tertiary/aromatic N) is 1. The Hall–Kier alpha value is -1.68. The number of hydrogen-bond donors (Lipinski definition) is 0. The lowest BCUT2D eigenvalue weighted by Gasteiger charge is -2.52. The van der Waals surface area contributed by atoms with Gasteiger partial charge >= 0.3 is 0 Å².